The predicted molar refractivity (Wildman–Crippen MR) is 41.4 cm³/mol. The summed E-state index contributed by atoms with van der Waals surface area (Å²) in [4.78, 5) is 1.49. The molecule has 3 nitrogen and oxygen atoms in total. The van der Waals surface area contributed by atoms with Gasteiger partial charge in [-0.15, -0.1) is 0 Å². The van der Waals surface area contributed by atoms with Crippen LogP contribution >= 0.6 is 0 Å². The van der Waals surface area contributed by atoms with E-state index in [4.69, 9.17) is 9.84 Å². The molecule has 0 amide bonds. The van der Waals surface area contributed by atoms with E-state index in [1.54, 1.807) is 7.05 Å². The fourth-order valence-corrected chi connectivity index (χ4v) is 0.714. The van der Waals surface area contributed by atoms with E-state index >= 15 is 0 Å². The van der Waals surface area contributed by atoms with Crippen molar-refractivity contribution in [2.24, 2.45) is 0 Å². The van der Waals surface area contributed by atoms with Crippen LogP contribution in [0.3, 0.4) is 0 Å². The molecule has 0 unspecified atom stereocenters. The molecule has 0 bridgehead atoms. The summed E-state index contributed by atoms with van der Waals surface area (Å²) in [6.07, 6.45) is -2.30. The van der Waals surface area contributed by atoms with Gasteiger partial charge in [0.05, 0.1) is 26.4 Å². The molecule has 0 aliphatic carbocycles. The fourth-order valence-electron chi connectivity index (χ4n) is 0.714. The monoisotopic (exact) mass is 183 g/mol. The van der Waals surface area contributed by atoms with Gasteiger partial charge in [-0.05, 0) is 7.05 Å². The van der Waals surface area contributed by atoms with Crippen LogP contribution in [0.4, 0.5) is 8.78 Å². The second-order valence-electron chi connectivity index (χ2n) is 2.49. The molecule has 74 valence electrons. The van der Waals surface area contributed by atoms with Crippen LogP contribution in [0, 0.1) is 0 Å². The zero-order valence-electron chi connectivity index (χ0n) is 7.17. The highest BCUT2D eigenvalue weighted by Gasteiger charge is 2.06. The molecule has 0 saturated heterocycles. The second-order valence-corrected chi connectivity index (χ2v) is 2.49. The maximum absolute atomic E-state index is 11.7. The van der Waals surface area contributed by atoms with Crippen LogP contribution in [-0.4, -0.2) is 56.4 Å². The maximum atomic E-state index is 11.7. The number of aliphatic hydroxyl groups excluding tert-OH is 1. The van der Waals surface area contributed by atoms with Crippen molar-refractivity contribution >= 4 is 0 Å². The third-order valence-electron chi connectivity index (χ3n) is 1.30. The van der Waals surface area contributed by atoms with Crippen LogP contribution in [0.25, 0.3) is 0 Å². The Morgan fingerprint density at radius 3 is 2.58 bits per heavy atom. The molecular formula is C7H15F2NO2. The topological polar surface area (TPSA) is 32.7 Å². The third-order valence-corrected chi connectivity index (χ3v) is 1.30. The Labute approximate surface area is 70.9 Å². The van der Waals surface area contributed by atoms with E-state index in [-0.39, 0.29) is 19.8 Å². The summed E-state index contributed by atoms with van der Waals surface area (Å²) in [7, 11) is 1.61. The lowest BCUT2D eigenvalue weighted by Crippen LogP contribution is -2.28. The van der Waals surface area contributed by atoms with E-state index in [1.165, 1.54) is 4.90 Å². The Hall–Kier alpha value is -0.260. The lowest BCUT2D eigenvalue weighted by Gasteiger charge is -2.15. The quantitative estimate of drug-likeness (QED) is 0.572. The van der Waals surface area contributed by atoms with Crippen molar-refractivity contribution in [3.05, 3.63) is 0 Å². The molecule has 1 N–H and O–H groups in total. The molecule has 0 atom stereocenters. The van der Waals surface area contributed by atoms with Gasteiger partial charge in [-0.25, -0.2) is 8.78 Å². The molecule has 12 heavy (non-hydrogen) atoms. The molecule has 0 heterocycles. The summed E-state index contributed by atoms with van der Waals surface area (Å²) in [6.45, 7) is 0.845. The number of hydrogen-bond acceptors (Lipinski definition) is 3. The Bertz CT molecular complexity index is 103. The van der Waals surface area contributed by atoms with Crippen molar-refractivity contribution in [2.45, 2.75) is 6.43 Å². The van der Waals surface area contributed by atoms with E-state index in [9.17, 15) is 8.78 Å². The Balaban J connectivity index is 3.14. The highest BCUT2D eigenvalue weighted by atomic mass is 19.3. The van der Waals surface area contributed by atoms with E-state index in [2.05, 4.69) is 0 Å². The van der Waals surface area contributed by atoms with Crippen molar-refractivity contribution in [1.82, 2.24) is 4.90 Å². The summed E-state index contributed by atoms with van der Waals surface area (Å²) >= 11 is 0. The predicted octanol–water partition coefficient (Wildman–Crippen LogP) is 0.192. The average Bonchev–Trinajstić information content (AvgIpc) is 1.97. The number of nitrogens with zero attached hydrogens (tertiary/aromatic N) is 1. The number of halogens is 2. The van der Waals surface area contributed by atoms with Crippen molar-refractivity contribution in [3.63, 3.8) is 0 Å². The highest BCUT2D eigenvalue weighted by molar-refractivity contribution is 4.51. The number of likely N-dealkylation sites (N-methyl/N-ethyl adjacent to an activating group) is 1. The van der Waals surface area contributed by atoms with Gasteiger partial charge in [-0.3, -0.25) is 4.90 Å². The van der Waals surface area contributed by atoms with Gasteiger partial charge in [0.1, 0.15) is 0 Å². The van der Waals surface area contributed by atoms with Crippen molar-refractivity contribution in [3.8, 4) is 0 Å². The summed E-state index contributed by atoms with van der Waals surface area (Å²) in [6, 6.07) is 0. The van der Waals surface area contributed by atoms with Gasteiger partial charge in [0.25, 0.3) is 6.43 Å². The van der Waals surface area contributed by atoms with Crippen LogP contribution in [0.5, 0.6) is 0 Å². The normalized spacial score (nSPS) is 11.5. The van der Waals surface area contributed by atoms with Crippen molar-refractivity contribution < 1.29 is 18.6 Å². The van der Waals surface area contributed by atoms with E-state index in [1.807, 2.05) is 0 Å². The highest BCUT2D eigenvalue weighted by Crippen LogP contribution is 1.94. The minimum atomic E-state index is -2.30. The summed E-state index contributed by atoms with van der Waals surface area (Å²) in [5.74, 6) is 0. The summed E-state index contributed by atoms with van der Waals surface area (Å²) in [5.41, 5.74) is 0. The average molecular weight is 183 g/mol. The summed E-state index contributed by atoms with van der Waals surface area (Å²) < 4.78 is 28.4. The van der Waals surface area contributed by atoms with Gasteiger partial charge in [0.15, 0.2) is 0 Å². The van der Waals surface area contributed by atoms with Gasteiger partial charge in [0, 0.05) is 6.54 Å². The number of hydrogen-bond donors (Lipinski definition) is 1. The molecule has 0 saturated carbocycles. The maximum Gasteiger partial charge on any atom is 0.251 e. The first kappa shape index (κ1) is 11.7. The minimum absolute atomic E-state index is 0.0292. The fraction of sp³-hybridized carbons (Fsp3) is 1.00. The standard InChI is InChI=1S/C7H15F2NO2/c1-10(6-7(8)9)2-4-12-5-3-11/h7,11H,2-6H2,1H3. The number of rotatable bonds is 7. The Kier molecular flexibility index (Phi) is 7.23. The molecule has 5 heteroatoms. The first-order valence-corrected chi connectivity index (χ1v) is 3.82. The van der Waals surface area contributed by atoms with Crippen LogP contribution in [0.1, 0.15) is 0 Å². The molecule has 0 aromatic carbocycles. The number of ether oxygens (including phenoxy) is 1. The SMILES string of the molecule is CN(CCOCCO)CC(F)F. The molecule has 0 aliphatic heterocycles. The molecule has 0 rings (SSSR count). The van der Waals surface area contributed by atoms with Gasteiger partial charge >= 0.3 is 0 Å². The second kappa shape index (κ2) is 7.39. The van der Waals surface area contributed by atoms with Gasteiger partial charge in [0.2, 0.25) is 0 Å². The minimum Gasteiger partial charge on any atom is -0.394 e. The van der Waals surface area contributed by atoms with E-state index < -0.39 is 6.43 Å². The van der Waals surface area contributed by atoms with Gasteiger partial charge in [-0.2, -0.15) is 0 Å². The smallest absolute Gasteiger partial charge is 0.251 e. The van der Waals surface area contributed by atoms with Crippen LogP contribution < -0.4 is 0 Å². The van der Waals surface area contributed by atoms with Gasteiger partial charge in [-0.1, -0.05) is 0 Å². The lowest BCUT2D eigenvalue weighted by atomic mass is 10.5. The molecule has 0 fully saturated rings. The van der Waals surface area contributed by atoms with Crippen molar-refractivity contribution in [2.75, 3.05) is 40.0 Å². The van der Waals surface area contributed by atoms with Gasteiger partial charge < -0.3 is 9.84 Å². The largest absolute Gasteiger partial charge is 0.394 e. The lowest BCUT2D eigenvalue weighted by molar-refractivity contribution is 0.0570. The van der Waals surface area contributed by atoms with E-state index in [0.29, 0.717) is 13.2 Å². The molecule has 0 radical (unpaired) electrons. The first-order valence-electron chi connectivity index (χ1n) is 3.82. The zero-order valence-corrected chi connectivity index (χ0v) is 7.17. The van der Waals surface area contributed by atoms with Crippen LogP contribution in [0.15, 0.2) is 0 Å². The number of aliphatic hydroxyl groups is 1. The third kappa shape index (κ3) is 7.84. The molecule has 0 spiro atoms. The molecule has 0 aromatic rings. The number of alkyl halides is 2. The van der Waals surface area contributed by atoms with Crippen LogP contribution in [-0.2, 0) is 4.74 Å². The van der Waals surface area contributed by atoms with Crippen molar-refractivity contribution in [1.29, 1.82) is 0 Å². The first-order chi connectivity index (χ1) is 5.66. The molecular weight excluding hydrogens is 168 g/mol. The summed E-state index contributed by atoms with van der Waals surface area (Å²) in [5, 5.41) is 8.32. The molecule has 0 aromatic heterocycles. The Morgan fingerprint density at radius 1 is 1.42 bits per heavy atom. The molecule has 0 aliphatic rings. The van der Waals surface area contributed by atoms with E-state index in [0.717, 1.165) is 0 Å². The zero-order chi connectivity index (χ0) is 9.40. The van der Waals surface area contributed by atoms with Crippen LogP contribution in [0.2, 0.25) is 0 Å². The Morgan fingerprint density at radius 2 is 2.08 bits per heavy atom.